The third-order valence-electron chi connectivity index (χ3n) is 1.41. The van der Waals surface area contributed by atoms with Crippen molar-refractivity contribution in [1.29, 1.82) is 0 Å². The number of hydrogen-bond acceptors (Lipinski definition) is 3. The Kier molecular flexibility index (Phi) is 2.74. The van der Waals surface area contributed by atoms with Crippen LogP contribution in [0.1, 0.15) is 11.7 Å². The number of ether oxygens (including phenoxy) is 1. The Morgan fingerprint density at radius 3 is 2.64 bits per heavy atom. The van der Waals surface area contributed by atoms with Gasteiger partial charge in [-0.1, -0.05) is 0 Å². The molecule has 3 heteroatoms. The van der Waals surface area contributed by atoms with Crippen LogP contribution in [0.5, 0.6) is 0 Å². The van der Waals surface area contributed by atoms with Gasteiger partial charge in [-0.3, -0.25) is 4.98 Å². The van der Waals surface area contributed by atoms with E-state index in [0.29, 0.717) is 0 Å². The summed E-state index contributed by atoms with van der Waals surface area (Å²) in [6, 6.07) is 3.51. The number of nitrogens with zero attached hydrogens (tertiary/aromatic N) is 1. The highest BCUT2D eigenvalue weighted by atomic mass is 16.5. The molecule has 3 nitrogen and oxygen atoms in total. The SMILES string of the molecule is COC(C=O)c1ccncc1. The number of carbonyl (C=O) groups is 1. The molecule has 0 saturated heterocycles. The first-order chi connectivity index (χ1) is 5.38. The summed E-state index contributed by atoms with van der Waals surface area (Å²) in [5, 5.41) is 0. The van der Waals surface area contributed by atoms with E-state index in [9.17, 15) is 4.79 Å². The number of carbonyl (C=O) groups excluding carboxylic acids is 1. The second-order valence-corrected chi connectivity index (χ2v) is 2.07. The topological polar surface area (TPSA) is 39.2 Å². The van der Waals surface area contributed by atoms with Gasteiger partial charge in [0.15, 0.2) is 6.29 Å². The van der Waals surface area contributed by atoms with Gasteiger partial charge in [-0.25, -0.2) is 0 Å². The minimum atomic E-state index is -0.460. The van der Waals surface area contributed by atoms with Crippen LogP contribution in [-0.2, 0) is 9.53 Å². The molecule has 1 atom stereocenters. The number of methoxy groups -OCH3 is 1. The molecule has 58 valence electrons. The van der Waals surface area contributed by atoms with Gasteiger partial charge in [0, 0.05) is 19.5 Å². The average Bonchev–Trinajstić information content (AvgIpc) is 2.09. The molecule has 0 aromatic carbocycles. The number of aldehydes is 1. The Morgan fingerprint density at radius 1 is 1.55 bits per heavy atom. The van der Waals surface area contributed by atoms with E-state index in [2.05, 4.69) is 4.98 Å². The predicted molar refractivity (Wildman–Crippen MR) is 40.1 cm³/mol. The maximum absolute atomic E-state index is 10.4. The summed E-state index contributed by atoms with van der Waals surface area (Å²) >= 11 is 0. The Balaban J connectivity index is 2.82. The van der Waals surface area contributed by atoms with Gasteiger partial charge in [0.25, 0.3) is 0 Å². The van der Waals surface area contributed by atoms with Crippen LogP contribution in [-0.4, -0.2) is 18.4 Å². The highest BCUT2D eigenvalue weighted by Crippen LogP contribution is 2.11. The molecule has 0 aliphatic heterocycles. The van der Waals surface area contributed by atoms with Crippen molar-refractivity contribution in [2.45, 2.75) is 6.10 Å². The average molecular weight is 151 g/mol. The molecule has 1 heterocycles. The monoisotopic (exact) mass is 151 g/mol. The first-order valence-corrected chi connectivity index (χ1v) is 3.26. The van der Waals surface area contributed by atoms with Gasteiger partial charge >= 0.3 is 0 Å². The summed E-state index contributed by atoms with van der Waals surface area (Å²) in [5.41, 5.74) is 0.831. The van der Waals surface area contributed by atoms with Crippen LogP contribution in [0, 0.1) is 0 Å². The summed E-state index contributed by atoms with van der Waals surface area (Å²) in [4.78, 5) is 14.2. The number of hydrogen-bond donors (Lipinski definition) is 0. The molecule has 0 spiro atoms. The lowest BCUT2D eigenvalue weighted by molar-refractivity contribution is -0.116. The molecule has 0 saturated carbocycles. The van der Waals surface area contributed by atoms with Gasteiger partial charge < -0.3 is 9.53 Å². The molecule has 0 fully saturated rings. The van der Waals surface area contributed by atoms with Crippen LogP contribution >= 0.6 is 0 Å². The zero-order valence-corrected chi connectivity index (χ0v) is 6.23. The van der Waals surface area contributed by atoms with Gasteiger partial charge in [0.05, 0.1) is 0 Å². The molecular weight excluding hydrogens is 142 g/mol. The lowest BCUT2D eigenvalue weighted by Crippen LogP contribution is -2.01. The van der Waals surface area contributed by atoms with Gasteiger partial charge in [0.1, 0.15) is 6.10 Å². The molecular formula is C8H9NO2. The highest BCUT2D eigenvalue weighted by Gasteiger charge is 2.06. The first-order valence-electron chi connectivity index (χ1n) is 3.26. The van der Waals surface area contributed by atoms with Gasteiger partial charge in [-0.2, -0.15) is 0 Å². The summed E-state index contributed by atoms with van der Waals surface area (Å²) in [6.45, 7) is 0. The molecule has 0 bridgehead atoms. The Hall–Kier alpha value is -1.22. The molecule has 11 heavy (non-hydrogen) atoms. The molecule has 0 aliphatic carbocycles. The highest BCUT2D eigenvalue weighted by molar-refractivity contribution is 5.59. The van der Waals surface area contributed by atoms with E-state index in [1.807, 2.05) is 0 Å². The van der Waals surface area contributed by atoms with E-state index in [-0.39, 0.29) is 0 Å². The van der Waals surface area contributed by atoms with Gasteiger partial charge in [0.2, 0.25) is 0 Å². The molecule has 1 rings (SSSR count). The Morgan fingerprint density at radius 2 is 2.18 bits per heavy atom. The van der Waals surface area contributed by atoms with Crippen molar-refractivity contribution >= 4 is 6.29 Å². The zero-order chi connectivity index (χ0) is 8.10. The van der Waals surface area contributed by atoms with Crippen LogP contribution in [0.15, 0.2) is 24.5 Å². The normalized spacial score (nSPS) is 12.5. The largest absolute Gasteiger partial charge is 0.369 e. The summed E-state index contributed by atoms with van der Waals surface area (Å²) in [6.07, 6.45) is 3.56. The number of aromatic nitrogens is 1. The molecule has 1 aromatic heterocycles. The fraction of sp³-hybridized carbons (Fsp3) is 0.250. The quantitative estimate of drug-likeness (QED) is 0.604. The van der Waals surface area contributed by atoms with E-state index in [4.69, 9.17) is 4.74 Å². The Labute approximate surface area is 65.0 Å². The van der Waals surface area contributed by atoms with Crippen LogP contribution < -0.4 is 0 Å². The smallest absolute Gasteiger partial charge is 0.153 e. The second kappa shape index (κ2) is 3.83. The zero-order valence-electron chi connectivity index (χ0n) is 6.23. The van der Waals surface area contributed by atoms with Crippen molar-refractivity contribution < 1.29 is 9.53 Å². The van der Waals surface area contributed by atoms with Crippen LogP contribution in [0.3, 0.4) is 0 Å². The third kappa shape index (κ3) is 1.85. The van der Waals surface area contributed by atoms with Crippen molar-refractivity contribution in [1.82, 2.24) is 4.98 Å². The molecule has 0 amide bonds. The maximum atomic E-state index is 10.4. The predicted octanol–water partition coefficient (Wildman–Crippen LogP) is 0.968. The van der Waals surface area contributed by atoms with E-state index < -0.39 is 6.10 Å². The lowest BCUT2D eigenvalue weighted by atomic mass is 10.2. The van der Waals surface area contributed by atoms with E-state index in [1.54, 1.807) is 24.5 Å². The molecule has 1 aromatic rings. The second-order valence-electron chi connectivity index (χ2n) is 2.07. The Bertz CT molecular complexity index is 223. The fourth-order valence-electron chi connectivity index (χ4n) is 0.823. The molecule has 1 unspecified atom stereocenters. The van der Waals surface area contributed by atoms with Crippen LogP contribution in [0.2, 0.25) is 0 Å². The lowest BCUT2D eigenvalue weighted by Gasteiger charge is -2.06. The molecule has 0 aliphatic rings. The van der Waals surface area contributed by atoms with Crippen LogP contribution in [0.25, 0.3) is 0 Å². The van der Waals surface area contributed by atoms with Gasteiger partial charge in [-0.15, -0.1) is 0 Å². The first kappa shape index (κ1) is 7.88. The van der Waals surface area contributed by atoms with Crippen molar-refractivity contribution in [2.75, 3.05) is 7.11 Å². The number of rotatable bonds is 3. The minimum Gasteiger partial charge on any atom is -0.369 e. The van der Waals surface area contributed by atoms with E-state index in [1.165, 1.54) is 7.11 Å². The third-order valence-corrected chi connectivity index (χ3v) is 1.41. The summed E-state index contributed by atoms with van der Waals surface area (Å²) in [5.74, 6) is 0. The van der Waals surface area contributed by atoms with Crippen molar-refractivity contribution in [3.8, 4) is 0 Å². The molecule has 0 N–H and O–H groups in total. The van der Waals surface area contributed by atoms with Crippen LogP contribution in [0.4, 0.5) is 0 Å². The van der Waals surface area contributed by atoms with E-state index in [0.717, 1.165) is 11.8 Å². The standard InChI is InChI=1S/C8H9NO2/c1-11-8(6-10)7-2-4-9-5-3-7/h2-6,8H,1H3. The summed E-state index contributed by atoms with van der Waals surface area (Å²) < 4.78 is 4.89. The molecule has 0 radical (unpaired) electrons. The minimum absolute atomic E-state index is 0.460. The van der Waals surface area contributed by atoms with Crippen molar-refractivity contribution in [3.05, 3.63) is 30.1 Å². The van der Waals surface area contributed by atoms with Crippen molar-refractivity contribution in [3.63, 3.8) is 0 Å². The maximum Gasteiger partial charge on any atom is 0.153 e. The van der Waals surface area contributed by atoms with E-state index >= 15 is 0 Å². The van der Waals surface area contributed by atoms with Gasteiger partial charge in [-0.05, 0) is 17.7 Å². The fourth-order valence-corrected chi connectivity index (χ4v) is 0.823. The van der Waals surface area contributed by atoms with Crippen molar-refractivity contribution in [2.24, 2.45) is 0 Å². The summed E-state index contributed by atoms with van der Waals surface area (Å²) in [7, 11) is 1.50. The number of pyridine rings is 1.